The maximum absolute atomic E-state index is 12.6. The Morgan fingerprint density at radius 1 is 1.16 bits per heavy atom. The predicted octanol–water partition coefficient (Wildman–Crippen LogP) is 7.60. The van der Waals surface area contributed by atoms with Crippen molar-refractivity contribution in [2.75, 3.05) is 0 Å². The summed E-state index contributed by atoms with van der Waals surface area (Å²) in [4.78, 5) is 12.6. The molecule has 2 aliphatic rings. The van der Waals surface area contributed by atoms with Gasteiger partial charge in [-0.15, -0.1) is 0 Å². The second kappa shape index (κ2) is 9.38. The first-order chi connectivity index (χ1) is 14.6. The number of unbranched alkanes of at least 4 members (excludes halogenated alkanes) is 3. The molecule has 31 heavy (non-hydrogen) atoms. The van der Waals surface area contributed by atoms with Crippen LogP contribution in [0.5, 0.6) is 11.5 Å². The molecule has 0 saturated carbocycles. The highest BCUT2D eigenvalue weighted by Crippen LogP contribution is 2.55. The number of carbonyl (C=O) groups is 1. The van der Waals surface area contributed by atoms with Crippen LogP contribution >= 0.6 is 0 Å². The molecule has 1 aromatic carbocycles. The molecule has 0 spiro atoms. The number of carbonyl (C=O) groups excluding carboxylic acids is 1. The Balaban J connectivity index is 1.93. The molecule has 0 radical (unpaired) electrons. The third kappa shape index (κ3) is 5.02. The highest BCUT2D eigenvalue weighted by molar-refractivity contribution is 5.95. The van der Waals surface area contributed by atoms with Gasteiger partial charge >= 0.3 is 0 Å². The van der Waals surface area contributed by atoms with Crippen LogP contribution in [0.1, 0.15) is 116 Å². The van der Waals surface area contributed by atoms with Gasteiger partial charge in [0.2, 0.25) is 0 Å². The van der Waals surface area contributed by atoms with Crippen molar-refractivity contribution < 1.29 is 14.6 Å². The number of hydrogen-bond acceptors (Lipinski definition) is 3. The summed E-state index contributed by atoms with van der Waals surface area (Å²) >= 11 is 0. The summed E-state index contributed by atoms with van der Waals surface area (Å²) in [6.07, 6.45) is 11.2. The largest absolute Gasteiger partial charge is 0.508 e. The Kier molecular flexibility index (Phi) is 7.23. The maximum atomic E-state index is 12.6. The quantitative estimate of drug-likeness (QED) is 0.413. The van der Waals surface area contributed by atoms with Crippen LogP contribution in [0.15, 0.2) is 23.8 Å². The Morgan fingerprint density at radius 3 is 2.58 bits per heavy atom. The monoisotopic (exact) mass is 426 g/mol. The summed E-state index contributed by atoms with van der Waals surface area (Å²) in [5.41, 5.74) is 2.64. The highest BCUT2D eigenvalue weighted by atomic mass is 16.5. The summed E-state index contributed by atoms with van der Waals surface area (Å²) < 4.78 is 6.52. The van der Waals surface area contributed by atoms with Gasteiger partial charge < -0.3 is 9.84 Å². The van der Waals surface area contributed by atoms with Gasteiger partial charge in [-0.1, -0.05) is 59.5 Å². The summed E-state index contributed by atoms with van der Waals surface area (Å²) in [6, 6.07) is 4.13. The van der Waals surface area contributed by atoms with E-state index in [9.17, 15) is 9.90 Å². The van der Waals surface area contributed by atoms with Gasteiger partial charge in [-0.25, -0.2) is 0 Å². The Hall–Kier alpha value is -1.77. The van der Waals surface area contributed by atoms with E-state index in [1.54, 1.807) is 0 Å². The zero-order valence-electron chi connectivity index (χ0n) is 20.5. The van der Waals surface area contributed by atoms with Gasteiger partial charge in [-0.3, -0.25) is 4.79 Å². The summed E-state index contributed by atoms with van der Waals surface area (Å²) in [6.45, 7) is 13.1. The van der Waals surface area contributed by atoms with Crippen molar-refractivity contribution in [1.82, 2.24) is 0 Å². The van der Waals surface area contributed by atoms with Crippen molar-refractivity contribution in [2.24, 2.45) is 5.92 Å². The number of fused-ring (bicyclic) bond motifs is 3. The van der Waals surface area contributed by atoms with Gasteiger partial charge in [0.25, 0.3) is 0 Å². The van der Waals surface area contributed by atoms with Crippen LogP contribution in [0.2, 0.25) is 0 Å². The third-order valence-corrected chi connectivity index (χ3v) is 7.57. The predicted molar refractivity (Wildman–Crippen MR) is 128 cm³/mol. The number of allylic oxidation sites excluding steroid dienone is 2. The molecule has 3 rings (SSSR count). The topological polar surface area (TPSA) is 46.5 Å². The Bertz CT molecular complexity index is 831. The first-order valence-electron chi connectivity index (χ1n) is 12.4. The molecule has 3 heteroatoms. The molecule has 1 aliphatic heterocycles. The van der Waals surface area contributed by atoms with E-state index in [4.69, 9.17) is 4.74 Å². The summed E-state index contributed by atoms with van der Waals surface area (Å²) in [7, 11) is 0. The average Bonchev–Trinajstić information content (AvgIpc) is 2.70. The Labute approximate surface area is 189 Å². The van der Waals surface area contributed by atoms with E-state index in [1.165, 1.54) is 25.7 Å². The number of phenolic OH excluding ortho intramolecular Hbond substituents is 1. The summed E-state index contributed by atoms with van der Waals surface area (Å²) in [5.74, 6) is 1.80. The maximum Gasteiger partial charge on any atom is 0.158 e. The van der Waals surface area contributed by atoms with Crippen molar-refractivity contribution >= 4 is 5.78 Å². The van der Waals surface area contributed by atoms with Gasteiger partial charge in [0.1, 0.15) is 17.1 Å². The minimum atomic E-state index is -0.330. The van der Waals surface area contributed by atoms with Crippen LogP contribution in [0.25, 0.3) is 0 Å². The number of rotatable bonds is 9. The fraction of sp³-hybridized carbons (Fsp3) is 0.679. The van der Waals surface area contributed by atoms with Crippen LogP contribution in [0.3, 0.4) is 0 Å². The van der Waals surface area contributed by atoms with Crippen molar-refractivity contribution in [1.29, 1.82) is 0 Å². The van der Waals surface area contributed by atoms with Crippen molar-refractivity contribution in [3.8, 4) is 11.5 Å². The van der Waals surface area contributed by atoms with Crippen LogP contribution in [-0.2, 0) is 10.2 Å². The lowest BCUT2D eigenvalue weighted by atomic mass is 9.66. The third-order valence-electron chi connectivity index (χ3n) is 7.57. The van der Waals surface area contributed by atoms with Crippen molar-refractivity contribution in [2.45, 2.75) is 116 Å². The average molecular weight is 427 g/mol. The van der Waals surface area contributed by atoms with Crippen LogP contribution in [-0.4, -0.2) is 16.5 Å². The Morgan fingerprint density at radius 2 is 1.90 bits per heavy atom. The molecule has 0 bridgehead atoms. The van der Waals surface area contributed by atoms with E-state index in [-0.39, 0.29) is 28.6 Å². The normalized spacial score (nSPS) is 22.2. The van der Waals surface area contributed by atoms with Crippen LogP contribution in [0, 0.1) is 5.92 Å². The molecular formula is C28H42O3. The minimum Gasteiger partial charge on any atom is -0.508 e. The molecule has 0 aromatic heterocycles. The van der Waals surface area contributed by atoms with E-state index in [1.807, 2.05) is 13.0 Å². The lowest BCUT2D eigenvalue weighted by Gasteiger charge is -2.47. The van der Waals surface area contributed by atoms with Crippen LogP contribution in [0.4, 0.5) is 0 Å². The number of phenols is 1. The number of ketones is 1. The fourth-order valence-electron chi connectivity index (χ4n) is 5.54. The minimum absolute atomic E-state index is 0.0146. The molecule has 3 nitrogen and oxygen atoms in total. The van der Waals surface area contributed by atoms with E-state index in [2.05, 4.69) is 46.8 Å². The van der Waals surface area contributed by atoms with Gasteiger partial charge in [0.15, 0.2) is 5.78 Å². The molecule has 0 amide bonds. The van der Waals surface area contributed by atoms with Gasteiger partial charge in [0, 0.05) is 23.8 Å². The highest BCUT2D eigenvalue weighted by Gasteiger charge is 2.47. The molecule has 0 unspecified atom stereocenters. The number of aromatic hydroxyl groups is 1. The summed E-state index contributed by atoms with van der Waals surface area (Å²) in [5, 5.41) is 11.2. The molecule has 1 aliphatic carbocycles. The first kappa shape index (κ1) is 23.9. The van der Waals surface area contributed by atoms with Gasteiger partial charge in [-0.2, -0.15) is 0 Å². The molecule has 1 heterocycles. The molecule has 2 atom stereocenters. The molecule has 0 saturated heterocycles. The second-order valence-electron chi connectivity index (χ2n) is 10.9. The van der Waals surface area contributed by atoms with E-state index in [0.717, 1.165) is 41.7 Å². The molecule has 1 aromatic rings. The number of benzene rings is 1. The molecular weight excluding hydrogens is 384 g/mol. The zero-order valence-corrected chi connectivity index (χ0v) is 20.5. The van der Waals surface area contributed by atoms with Crippen LogP contribution < -0.4 is 4.74 Å². The SMILES string of the molecule is CCCCCCC(C)(C)c1cc(O)c2c(c1)OC(C)(C)[C@@H]1CC=C(C(=O)CCC)C[C@@H]21. The zero-order chi connectivity index (χ0) is 22.8. The number of hydrogen-bond donors (Lipinski definition) is 1. The molecule has 1 N–H and O–H groups in total. The number of Topliss-reactive ketones (excluding diaryl/α,β-unsaturated/α-hetero) is 1. The van der Waals surface area contributed by atoms with E-state index in [0.29, 0.717) is 18.6 Å². The van der Waals surface area contributed by atoms with Gasteiger partial charge in [0.05, 0.1) is 0 Å². The lowest BCUT2D eigenvalue weighted by molar-refractivity contribution is -0.116. The standard InChI is InChI=1S/C28H42O3/c1-7-9-10-11-15-27(3,4)20-17-24(30)26-21-16-19(23(29)12-8-2)13-14-22(21)28(5,6)31-25(26)18-20/h13,17-18,21-22,30H,7-12,14-16H2,1-6H3/t21-,22-/m1/s1. The number of ether oxygens (including phenoxy) is 1. The van der Waals surface area contributed by atoms with E-state index >= 15 is 0 Å². The fourth-order valence-corrected chi connectivity index (χ4v) is 5.54. The van der Waals surface area contributed by atoms with E-state index < -0.39 is 0 Å². The van der Waals surface area contributed by atoms with Gasteiger partial charge in [-0.05, 0) is 68.2 Å². The molecule has 0 fully saturated rings. The second-order valence-corrected chi connectivity index (χ2v) is 10.9. The molecule has 172 valence electrons. The first-order valence-corrected chi connectivity index (χ1v) is 12.4. The van der Waals surface area contributed by atoms with Crippen molar-refractivity contribution in [3.05, 3.63) is 34.9 Å². The lowest BCUT2D eigenvalue weighted by Crippen LogP contribution is -2.46. The van der Waals surface area contributed by atoms with Crippen molar-refractivity contribution in [3.63, 3.8) is 0 Å². The smallest absolute Gasteiger partial charge is 0.158 e.